The smallest absolute Gasteiger partial charge is 0.338 e. The van der Waals surface area contributed by atoms with Gasteiger partial charge in [-0.1, -0.05) is 35.6 Å². The van der Waals surface area contributed by atoms with E-state index in [1.807, 2.05) is 31.2 Å². The van der Waals surface area contributed by atoms with E-state index >= 15 is 0 Å². The number of aromatic hydroxyl groups is 1. The average Bonchev–Trinajstić information content (AvgIpc) is 3.10. The number of thiazole rings is 1. The summed E-state index contributed by atoms with van der Waals surface area (Å²) < 4.78 is 13.7. The number of hydrogen-bond acceptors (Lipinski definition) is 7. The van der Waals surface area contributed by atoms with Crippen molar-refractivity contribution in [3.63, 3.8) is 0 Å². The molecular formula is C25H23BrN2O5S. The molecule has 0 saturated heterocycles. The van der Waals surface area contributed by atoms with Gasteiger partial charge < -0.3 is 14.6 Å². The summed E-state index contributed by atoms with van der Waals surface area (Å²) in [5.41, 5.74) is 1.94. The summed E-state index contributed by atoms with van der Waals surface area (Å²) in [5.74, 6) is 0.182. The molecule has 7 nitrogen and oxygen atoms in total. The summed E-state index contributed by atoms with van der Waals surface area (Å²) in [5, 5.41) is 9.78. The first-order chi connectivity index (χ1) is 16.3. The number of ether oxygens (including phenoxy) is 2. The highest BCUT2D eigenvalue weighted by Crippen LogP contribution is 2.35. The van der Waals surface area contributed by atoms with Gasteiger partial charge in [-0.15, -0.1) is 0 Å². The second-order valence-corrected chi connectivity index (χ2v) is 9.35. The van der Waals surface area contributed by atoms with Crippen LogP contribution in [0.15, 0.2) is 68.0 Å². The van der Waals surface area contributed by atoms with Crippen molar-refractivity contribution in [1.29, 1.82) is 0 Å². The molecule has 0 aliphatic carbocycles. The highest BCUT2D eigenvalue weighted by atomic mass is 79.9. The van der Waals surface area contributed by atoms with Crippen LogP contribution in [0.5, 0.6) is 11.5 Å². The number of carbonyl (C=O) groups excluding carboxylic acids is 1. The van der Waals surface area contributed by atoms with Gasteiger partial charge in [0.1, 0.15) is 17.5 Å². The summed E-state index contributed by atoms with van der Waals surface area (Å²) >= 11 is 4.54. The van der Waals surface area contributed by atoms with Crippen molar-refractivity contribution in [3.05, 3.63) is 89.0 Å². The van der Waals surface area contributed by atoms with Crippen LogP contribution in [-0.4, -0.2) is 28.9 Å². The Bertz CT molecular complexity index is 1470. The van der Waals surface area contributed by atoms with Crippen LogP contribution in [0.25, 0.3) is 6.08 Å². The number of benzene rings is 2. The van der Waals surface area contributed by atoms with Gasteiger partial charge in [0, 0.05) is 5.56 Å². The third-order valence-corrected chi connectivity index (χ3v) is 6.92. The maximum Gasteiger partial charge on any atom is 0.338 e. The number of phenolic OH excluding ortho intramolecular Hbond substituents is 1. The number of esters is 1. The molecule has 2 heterocycles. The lowest BCUT2D eigenvalue weighted by Gasteiger charge is -2.26. The molecule has 1 aliphatic heterocycles. The van der Waals surface area contributed by atoms with Crippen molar-refractivity contribution in [1.82, 2.24) is 4.57 Å². The number of phenols is 1. The Hall–Kier alpha value is -3.17. The molecule has 0 fully saturated rings. The number of para-hydroxylation sites is 1. The third-order valence-electron chi connectivity index (χ3n) is 5.30. The van der Waals surface area contributed by atoms with Crippen LogP contribution in [0.3, 0.4) is 0 Å². The average molecular weight is 543 g/mol. The standard InChI is InChI=1S/C25H23BrN2O5S/c1-4-32-19-9-7-6-8-16(19)22-21(24(31)33-5-2)14(3)27-25-28(22)23(30)20(34-25)13-15-10-11-18(29)17(26)12-15/h6-13,22,29H,4-5H2,1-3H3/b20-13-/t22-/m1/s1. The fraction of sp³-hybridized carbons (Fsp3) is 0.240. The Labute approximate surface area is 208 Å². The number of nitrogens with zero attached hydrogens (tertiary/aromatic N) is 2. The maximum atomic E-state index is 13.7. The minimum atomic E-state index is -0.744. The molecule has 4 rings (SSSR count). The Morgan fingerprint density at radius 3 is 2.71 bits per heavy atom. The van der Waals surface area contributed by atoms with E-state index in [-0.39, 0.29) is 17.9 Å². The molecule has 0 amide bonds. The lowest BCUT2D eigenvalue weighted by molar-refractivity contribution is -0.139. The zero-order chi connectivity index (χ0) is 24.4. The highest BCUT2D eigenvalue weighted by molar-refractivity contribution is 9.10. The first-order valence-electron chi connectivity index (χ1n) is 10.8. The van der Waals surface area contributed by atoms with Gasteiger partial charge in [0.25, 0.3) is 5.56 Å². The lowest BCUT2D eigenvalue weighted by atomic mass is 9.95. The van der Waals surface area contributed by atoms with E-state index in [4.69, 9.17) is 9.47 Å². The molecule has 0 saturated carbocycles. The van der Waals surface area contributed by atoms with Crippen molar-refractivity contribution in [2.75, 3.05) is 13.2 Å². The Morgan fingerprint density at radius 2 is 2.00 bits per heavy atom. The van der Waals surface area contributed by atoms with Gasteiger partial charge in [-0.3, -0.25) is 9.36 Å². The first kappa shape index (κ1) is 24.0. The van der Waals surface area contributed by atoms with E-state index in [0.29, 0.717) is 43.0 Å². The fourth-order valence-corrected chi connectivity index (χ4v) is 5.29. The quantitative estimate of drug-likeness (QED) is 0.480. The lowest BCUT2D eigenvalue weighted by Crippen LogP contribution is -2.40. The largest absolute Gasteiger partial charge is 0.507 e. The molecule has 1 aromatic heterocycles. The number of fused-ring (bicyclic) bond motifs is 1. The molecule has 1 aliphatic rings. The number of allylic oxidation sites excluding steroid dienone is 1. The summed E-state index contributed by atoms with van der Waals surface area (Å²) in [6, 6.07) is 11.6. The molecule has 2 aromatic carbocycles. The molecule has 9 heteroatoms. The molecule has 1 N–H and O–H groups in total. The minimum Gasteiger partial charge on any atom is -0.507 e. The van der Waals surface area contributed by atoms with Crippen molar-refractivity contribution in [2.24, 2.45) is 4.99 Å². The van der Waals surface area contributed by atoms with Gasteiger partial charge in [-0.05, 0) is 66.5 Å². The van der Waals surface area contributed by atoms with Crippen LogP contribution >= 0.6 is 27.3 Å². The molecule has 1 atom stereocenters. The number of halogens is 1. The number of rotatable bonds is 6. The second-order valence-electron chi connectivity index (χ2n) is 7.48. The van der Waals surface area contributed by atoms with E-state index in [1.54, 1.807) is 38.1 Å². The van der Waals surface area contributed by atoms with E-state index < -0.39 is 12.0 Å². The van der Waals surface area contributed by atoms with Gasteiger partial charge in [0.2, 0.25) is 0 Å². The topological polar surface area (TPSA) is 90.1 Å². The van der Waals surface area contributed by atoms with Gasteiger partial charge in [-0.2, -0.15) is 0 Å². The summed E-state index contributed by atoms with van der Waals surface area (Å²) in [4.78, 5) is 31.8. The molecule has 0 unspecified atom stereocenters. The molecule has 0 radical (unpaired) electrons. The summed E-state index contributed by atoms with van der Waals surface area (Å²) in [7, 11) is 0. The monoisotopic (exact) mass is 542 g/mol. The first-order valence-corrected chi connectivity index (χ1v) is 12.4. The van der Waals surface area contributed by atoms with Crippen LogP contribution in [0, 0.1) is 0 Å². The minimum absolute atomic E-state index is 0.112. The van der Waals surface area contributed by atoms with Crippen LogP contribution in [0.4, 0.5) is 0 Å². The van der Waals surface area contributed by atoms with E-state index in [2.05, 4.69) is 20.9 Å². The van der Waals surface area contributed by atoms with Crippen molar-refractivity contribution in [3.8, 4) is 11.5 Å². The number of hydrogen-bond donors (Lipinski definition) is 1. The molecular weight excluding hydrogens is 520 g/mol. The zero-order valence-corrected chi connectivity index (χ0v) is 21.3. The fourth-order valence-electron chi connectivity index (χ4n) is 3.84. The molecule has 176 valence electrons. The van der Waals surface area contributed by atoms with Crippen LogP contribution in [0.2, 0.25) is 0 Å². The number of carbonyl (C=O) groups is 1. The van der Waals surface area contributed by atoms with E-state index in [0.717, 1.165) is 5.56 Å². The van der Waals surface area contributed by atoms with Gasteiger partial charge >= 0.3 is 5.97 Å². The van der Waals surface area contributed by atoms with Gasteiger partial charge in [-0.25, -0.2) is 9.79 Å². The van der Waals surface area contributed by atoms with Crippen LogP contribution in [0.1, 0.15) is 37.9 Å². The second kappa shape index (κ2) is 9.99. The van der Waals surface area contributed by atoms with Crippen LogP contribution < -0.4 is 19.6 Å². The van der Waals surface area contributed by atoms with Gasteiger partial charge in [0.05, 0.1) is 33.5 Å². The Balaban J connectivity index is 1.98. The number of aromatic nitrogens is 1. The molecule has 0 spiro atoms. The maximum absolute atomic E-state index is 13.7. The summed E-state index contributed by atoms with van der Waals surface area (Å²) in [6.07, 6.45) is 1.74. The van der Waals surface area contributed by atoms with Gasteiger partial charge in [0.15, 0.2) is 4.80 Å². The van der Waals surface area contributed by atoms with Crippen molar-refractivity contribution in [2.45, 2.75) is 26.8 Å². The molecule has 3 aromatic rings. The van der Waals surface area contributed by atoms with E-state index in [1.165, 1.54) is 15.9 Å². The zero-order valence-electron chi connectivity index (χ0n) is 18.9. The van der Waals surface area contributed by atoms with E-state index in [9.17, 15) is 14.7 Å². The summed E-state index contributed by atoms with van der Waals surface area (Å²) in [6.45, 7) is 6.01. The Morgan fingerprint density at radius 1 is 1.24 bits per heavy atom. The normalized spacial score (nSPS) is 15.6. The van der Waals surface area contributed by atoms with Crippen molar-refractivity contribution < 1.29 is 19.4 Å². The van der Waals surface area contributed by atoms with Crippen LogP contribution in [-0.2, 0) is 9.53 Å². The predicted molar refractivity (Wildman–Crippen MR) is 134 cm³/mol. The highest BCUT2D eigenvalue weighted by Gasteiger charge is 2.35. The Kier molecular flexibility index (Phi) is 7.04. The van der Waals surface area contributed by atoms with Crippen molar-refractivity contribution >= 4 is 39.3 Å². The predicted octanol–water partition coefficient (Wildman–Crippen LogP) is 3.67. The molecule has 0 bridgehead atoms. The third kappa shape index (κ3) is 4.45. The SMILES string of the molecule is CCOC(=O)C1=C(C)N=c2s/c(=C\c3ccc(O)c(Br)c3)c(=O)n2[C@@H]1c1ccccc1OCC. The molecule has 34 heavy (non-hydrogen) atoms.